The van der Waals surface area contributed by atoms with Crippen LogP contribution in [0.1, 0.15) is 22.8 Å². The molecule has 0 aliphatic rings. The number of hydrogen-bond donors (Lipinski definition) is 1. The van der Waals surface area contributed by atoms with Crippen molar-refractivity contribution in [3.8, 4) is 11.5 Å². The number of hydrogen-bond acceptors (Lipinski definition) is 3. The molecule has 4 heteroatoms. The minimum absolute atomic E-state index is 0.153. The Morgan fingerprint density at radius 3 is 2.50 bits per heavy atom. The highest BCUT2D eigenvalue weighted by Crippen LogP contribution is 2.26. The number of nitrogens with one attached hydrogen (secondary N) is 1. The van der Waals surface area contributed by atoms with Gasteiger partial charge in [0.15, 0.2) is 5.58 Å². The lowest BCUT2D eigenvalue weighted by Crippen LogP contribution is -2.11. The van der Waals surface area contributed by atoms with Crippen molar-refractivity contribution in [2.24, 2.45) is 0 Å². The maximum Gasteiger partial charge on any atom is 0.255 e. The third-order valence-corrected chi connectivity index (χ3v) is 4.29. The fourth-order valence-electron chi connectivity index (χ4n) is 2.80. The SMILES string of the molecule is CCc1ccc(-c2nc3ccc(NC(=O)c4ccccc4)cc3o2)cc1. The number of oxazole rings is 1. The lowest BCUT2D eigenvalue weighted by Gasteiger charge is -2.04. The van der Waals surface area contributed by atoms with E-state index in [9.17, 15) is 4.79 Å². The van der Waals surface area contributed by atoms with Crippen molar-refractivity contribution in [3.63, 3.8) is 0 Å². The van der Waals surface area contributed by atoms with Crippen LogP contribution in [0.2, 0.25) is 0 Å². The summed E-state index contributed by atoms with van der Waals surface area (Å²) in [6, 6.07) is 22.8. The average Bonchev–Trinajstić information content (AvgIpc) is 3.12. The summed E-state index contributed by atoms with van der Waals surface area (Å²) in [6.45, 7) is 2.12. The molecule has 0 saturated heterocycles. The first kappa shape index (κ1) is 16.1. The highest BCUT2D eigenvalue weighted by atomic mass is 16.3. The summed E-state index contributed by atoms with van der Waals surface area (Å²) in [5.41, 5.74) is 4.91. The standard InChI is InChI=1S/C22H18N2O2/c1-2-15-8-10-17(11-9-15)22-24-19-13-12-18(14-20(19)26-22)23-21(25)16-6-4-3-5-7-16/h3-14H,2H2,1H3,(H,23,25). The lowest BCUT2D eigenvalue weighted by molar-refractivity contribution is 0.102. The van der Waals surface area contributed by atoms with Crippen molar-refractivity contribution in [3.05, 3.63) is 83.9 Å². The van der Waals surface area contributed by atoms with E-state index in [0.717, 1.165) is 17.5 Å². The predicted molar refractivity (Wildman–Crippen MR) is 103 cm³/mol. The number of amides is 1. The Hall–Kier alpha value is -3.40. The van der Waals surface area contributed by atoms with Gasteiger partial charge < -0.3 is 9.73 Å². The quantitative estimate of drug-likeness (QED) is 0.547. The van der Waals surface area contributed by atoms with Gasteiger partial charge in [-0.2, -0.15) is 0 Å². The number of benzene rings is 3. The van der Waals surface area contributed by atoms with E-state index < -0.39 is 0 Å². The average molecular weight is 342 g/mol. The number of carbonyl (C=O) groups is 1. The molecule has 0 aliphatic carbocycles. The third-order valence-electron chi connectivity index (χ3n) is 4.29. The second-order valence-electron chi connectivity index (χ2n) is 6.07. The molecule has 1 amide bonds. The van der Waals surface area contributed by atoms with E-state index in [2.05, 4.69) is 29.4 Å². The molecule has 26 heavy (non-hydrogen) atoms. The van der Waals surface area contributed by atoms with Gasteiger partial charge in [-0.3, -0.25) is 4.79 Å². The third kappa shape index (κ3) is 3.22. The Kier molecular flexibility index (Phi) is 4.23. The molecule has 0 atom stereocenters. The molecule has 1 aromatic heterocycles. The van der Waals surface area contributed by atoms with Gasteiger partial charge in [-0.1, -0.05) is 37.3 Å². The summed E-state index contributed by atoms with van der Waals surface area (Å²) >= 11 is 0. The molecule has 0 radical (unpaired) electrons. The largest absolute Gasteiger partial charge is 0.436 e. The zero-order chi connectivity index (χ0) is 17.9. The van der Waals surface area contributed by atoms with Gasteiger partial charge in [-0.25, -0.2) is 4.98 Å². The van der Waals surface area contributed by atoms with Crippen molar-refractivity contribution < 1.29 is 9.21 Å². The molecular weight excluding hydrogens is 324 g/mol. The summed E-state index contributed by atoms with van der Waals surface area (Å²) in [4.78, 5) is 16.8. The minimum atomic E-state index is -0.153. The van der Waals surface area contributed by atoms with Gasteiger partial charge in [0.2, 0.25) is 5.89 Å². The smallest absolute Gasteiger partial charge is 0.255 e. The highest BCUT2D eigenvalue weighted by Gasteiger charge is 2.11. The van der Waals surface area contributed by atoms with Gasteiger partial charge in [-0.15, -0.1) is 0 Å². The molecule has 128 valence electrons. The second kappa shape index (κ2) is 6.84. The molecule has 4 aromatic rings. The van der Waals surface area contributed by atoms with Crippen molar-refractivity contribution in [2.75, 3.05) is 5.32 Å². The van der Waals surface area contributed by atoms with Gasteiger partial charge in [0.25, 0.3) is 5.91 Å². The van der Waals surface area contributed by atoms with Crippen molar-refractivity contribution in [2.45, 2.75) is 13.3 Å². The Morgan fingerprint density at radius 2 is 1.77 bits per heavy atom. The predicted octanol–water partition coefficient (Wildman–Crippen LogP) is 5.31. The van der Waals surface area contributed by atoms with Crippen LogP contribution in [0.25, 0.3) is 22.6 Å². The van der Waals surface area contributed by atoms with Crippen LogP contribution in [0.5, 0.6) is 0 Å². The summed E-state index contributed by atoms with van der Waals surface area (Å²) in [5.74, 6) is 0.425. The van der Waals surface area contributed by atoms with Crippen LogP contribution in [0.15, 0.2) is 77.2 Å². The molecule has 3 aromatic carbocycles. The molecule has 0 bridgehead atoms. The van der Waals surface area contributed by atoms with E-state index in [1.165, 1.54) is 5.56 Å². The number of fused-ring (bicyclic) bond motifs is 1. The van der Waals surface area contributed by atoms with E-state index in [-0.39, 0.29) is 5.91 Å². The lowest BCUT2D eigenvalue weighted by atomic mass is 10.1. The Bertz CT molecular complexity index is 1050. The summed E-state index contributed by atoms with van der Waals surface area (Å²) < 4.78 is 5.89. The van der Waals surface area contributed by atoms with Crippen LogP contribution in [-0.4, -0.2) is 10.9 Å². The molecule has 0 spiro atoms. The second-order valence-corrected chi connectivity index (χ2v) is 6.07. The highest BCUT2D eigenvalue weighted by molar-refractivity contribution is 6.04. The molecule has 0 unspecified atom stereocenters. The molecule has 4 nitrogen and oxygen atoms in total. The number of rotatable bonds is 4. The molecule has 4 rings (SSSR count). The van der Waals surface area contributed by atoms with Gasteiger partial charge in [0.05, 0.1) is 0 Å². The minimum Gasteiger partial charge on any atom is -0.436 e. The van der Waals surface area contributed by atoms with Crippen molar-refractivity contribution >= 4 is 22.7 Å². The zero-order valence-electron chi connectivity index (χ0n) is 14.4. The molecule has 0 fully saturated rings. The topological polar surface area (TPSA) is 55.1 Å². The molecular formula is C22H18N2O2. The fourth-order valence-corrected chi connectivity index (χ4v) is 2.80. The Morgan fingerprint density at radius 1 is 1.00 bits per heavy atom. The van der Waals surface area contributed by atoms with E-state index in [0.29, 0.717) is 22.7 Å². The normalized spacial score (nSPS) is 10.8. The monoisotopic (exact) mass is 342 g/mol. The number of aryl methyl sites for hydroxylation is 1. The molecule has 0 aliphatic heterocycles. The van der Waals surface area contributed by atoms with Crippen LogP contribution >= 0.6 is 0 Å². The molecule has 1 N–H and O–H groups in total. The van der Waals surface area contributed by atoms with Gasteiger partial charge in [-0.05, 0) is 48.4 Å². The maximum atomic E-state index is 12.3. The molecule has 0 saturated carbocycles. The Balaban J connectivity index is 1.60. The van der Waals surface area contributed by atoms with E-state index in [4.69, 9.17) is 4.42 Å². The first-order valence-electron chi connectivity index (χ1n) is 8.59. The number of carbonyl (C=O) groups excluding carboxylic acids is 1. The van der Waals surface area contributed by atoms with E-state index in [1.54, 1.807) is 18.2 Å². The Labute approximate surface area is 151 Å². The maximum absolute atomic E-state index is 12.3. The van der Waals surface area contributed by atoms with Gasteiger partial charge in [0.1, 0.15) is 5.52 Å². The summed E-state index contributed by atoms with van der Waals surface area (Å²) in [6.07, 6.45) is 0.998. The van der Waals surface area contributed by atoms with Gasteiger partial charge >= 0.3 is 0 Å². The zero-order valence-corrected chi connectivity index (χ0v) is 14.4. The summed E-state index contributed by atoms with van der Waals surface area (Å²) in [5, 5.41) is 2.89. The first-order chi connectivity index (χ1) is 12.7. The number of nitrogens with zero attached hydrogens (tertiary/aromatic N) is 1. The van der Waals surface area contributed by atoms with Gasteiger partial charge in [0, 0.05) is 22.9 Å². The number of aromatic nitrogens is 1. The van der Waals surface area contributed by atoms with Crippen LogP contribution in [0.4, 0.5) is 5.69 Å². The fraction of sp³-hybridized carbons (Fsp3) is 0.0909. The number of anilines is 1. The van der Waals surface area contributed by atoms with Crippen LogP contribution < -0.4 is 5.32 Å². The molecule has 1 heterocycles. The first-order valence-corrected chi connectivity index (χ1v) is 8.59. The van der Waals surface area contributed by atoms with Crippen molar-refractivity contribution in [1.82, 2.24) is 4.98 Å². The van der Waals surface area contributed by atoms with Crippen LogP contribution in [-0.2, 0) is 6.42 Å². The van der Waals surface area contributed by atoms with E-state index >= 15 is 0 Å². The van der Waals surface area contributed by atoms with Crippen LogP contribution in [0, 0.1) is 0 Å². The van der Waals surface area contributed by atoms with Crippen LogP contribution in [0.3, 0.4) is 0 Å². The summed E-state index contributed by atoms with van der Waals surface area (Å²) in [7, 11) is 0. The van der Waals surface area contributed by atoms with Crippen molar-refractivity contribution in [1.29, 1.82) is 0 Å². The van der Waals surface area contributed by atoms with E-state index in [1.807, 2.05) is 42.5 Å².